The summed E-state index contributed by atoms with van der Waals surface area (Å²) in [5.74, 6) is -1.13. The molecule has 6 heteroatoms. The average Bonchev–Trinajstić information content (AvgIpc) is 2.38. The molecular formula is C12H18N2O4. The third-order valence-electron chi connectivity index (χ3n) is 3.43. The molecule has 2 aliphatic rings. The average molecular weight is 254 g/mol. The first-order valence-corrected chi connectivity index (χ1v) is 6.35. The van der Waals surface area contributed by atoms with Crippen LogP contribution in [0.3, 0.4) is 0 Å². The Morgan fingerprint density at radius 1 is 1.50 bits per heavy atom. The molecule has 1 N–H and O–H groups in total. The molecule has 2 heterocycles. The van der Waals surface area contributed by atoms with E-state index in [1.54, 1.807) is 0 Å². The molecule has 0 aromatic heterocycles. The highest BCUT2D eigenvalue weighted by atomic mass is 16.5. The van der Waals surface area contributed by atoms with E-state index in [4.69, 9.17) is 4.74 Å². The lowest BCUT2D eigenvalue weighted by atomic mass is 9.98. The number of amides is 3. The van der Waals surface area contributed by atoms with Crippen LogP contribution >= 0.6 is 0 Å². The fourth-order valence-electron chi connectivity index (χ4n) is 2.47. The van der Waals surface area contributed by atoms with Crippen LogP contribution in [0.4, 0.5) is 0 Å². The van der Waals surface area contributed by atoms with Crippen LogP contribution < -0.4 is 5.32 Å². The zero-order chi connectivity index (χ0) is 13.1. The number of hydrogen-bond donors (Lipinski definition) is 1. The molecule has 0 aliphatic carbocycles. The van der Waals surface area contributed by atoms with E-state index < -0.39 is 11.9 Å². The van der Waals surface area contributed by atoms with Crippen molar-refractivity contribution in [3.05, 3.63) is 0 Å². The SMILES string of the molecule is CCC1C(=O)NC(=O)CN1C(=O)C1CCCOC1. The molecule has 2 saturated heterocycles. The fraction of sp³-hybridized carbons (Fsp3) is 0.750. The number of nitrogens with one attached hydrogen (secondary N) is 1. The molecule has 6 nitrogen and oxygen atoms in total. The lowest BCUT2D eigenvalue weighted by Crippen LogP contribution is -2.61. The third-order valence-corrected chi connectivity index (χ3v) is 3.43. The fourth-order valence-corrected chi connectivity index (χ4v) is 2.47. The van der Waals surface area contributed by atoms with Crippen molar-refractivity contribution in [1.82, 2.24) is 10.2 Å². The number of imide groups is 1. The van der Waals surface area contributed by atoms with Gasteiger partial charge in [-0.1, -0.05) is 6.92 Å². The van der Waals surface area contributed by atoms with Crippen LogP contribution in [0.1, 0.15) is 26.2 Å². The predicted molar refractivity (Wildman–Crippen MR) is 62.5 cm³/mol. The Morgan fingerprint density at radius 2 is 2.28 bits per heavy atom. The van der Waals surface area contributed by atoms with Crippen molar-refractivity contribution >= 4 is 17.7 Å². The summed E-state index contributed by atoms with van der Waals surface area (Å²) in [6.07, 6.45) is 2.13. The first-order chi connectivity index (χ1) is 8.63. The number of carbonyl (C=O) groups is 3. The van der Waals surface area contributed by atoms with Crippen molar-refractivity contribution < 1.29 is 19.1 Å². The number of piperazine rings is 1. The summed E-state index contributed by atoms with van der Waals surface area (Å²) in [5.41, 5.74) is 0. The maximum absolute atomic E-state index is 12.3. The van der Waals surface area contributed by atoms with E-state index in [-0.39, 0.29) is 24.3 Å². The second-order valence-electron chi connectivity index (χ2n) is 4.72. The molecule has 0 radical (unpaired) electrons. The van der Waals surface area contributed by atoms with Crippen LogP contribution in [-0.2, 0) is 19.1 Å². The molecule has 0 bridgehead atoms. The molecule has 0 aromatic carbocycles. The van der Waals surface area contributed by atoms with Crippen LogP contribution in [0, 0.1) is 5.92 Å². The molecule has 2 aliphatic heterocycles. The van der Waals surface area contributed by atoms with Gasteiger partial charge in [-0.05, 0) is 19.3 Å². The Balaban J connectivity index is 2.10. The predicted octanol–water partition coefficient (Wildman–Crippen LogP) is -0.323. The van der Waals surface area contributed by atoms with Crippen LogP contribution in [0.15, 0.2) is 0 Å². The summed E-state index contributed by atoms with van der Waals surface area (Å²) >= 11 is 0. The van der Waals surface area contributed by atoms with Gasteiger partial charge in [0.15, 0.2) is 0 Å². The minimum absolute atomic E-state index is 0.0282. The number of ether oxygens (including phenoxy) is 1. The van der Waals surface area contributed by atoms with E-state index in [1.165, 1.54) is 4.90 Å². The summed E-state index contributed by atoms with van der Waals surface area (Å²) in [7, 11) is 0. The summed E-state index contributed by atoms with van der Waals surface area (Å²) in [6, 6.07) is -0.530. The Hall–Kier alpha value is -1.43. The standard InChI is InChI=1S/C12H18N2O4/c1-2-9-11(16)13-10(15)6-14(9)12(17)8-4-3-5-18-7-8/h8-9H,2-7H2,1H3,(H,13,15,16). The van der Waals surface area contributed by atoms with Crippen molar-refractivity contribution in [2.24, 2.45) is 5.92 Å². The highest BCUT2D eigenvalue weighted by Gasteiger charge is 2.38. The molecule has 0 aromatic rings. The minimum atomic E-state index is -0.530. The van der Waals surface area contributed by atoms with E-state index in [9.17, 15) is 14.4 Å². The smallest absolute Gasteiger partial charge is 0.249 e. The van der Waals surface area contributed by atoms with E-state index in [1.807, 2.05) is 6.92 Å². The molecule has 0 spiro atoms. The van der Waals surface area contributed by atoms with Crippen molar-refractivity contribution in [2.75, 3.05) is 19.8 Å². The van der Waals surface area contributed by atoms with Gasteiger partial charge in [0.25, 0.3) is 0 Å². The third kappa shape index (κ3) is 2.53. The summed E-state index contributed by atoms with van der Waals surface area (Å²) < 4.78 is 5.28. The molecule has 18 heavy (non-hydrogen) atoms. The summed E-state index contributed by atoms with van der Waals surface area (Å²) in [5, 5.41) is 2.27. The minimum Gasteiger partial charge on any atom is -0.381 e. The van der Waals surface area contributed by atoms with E-state index in [2.05, 4.69) is 5.32 Å². The van der Waals surface area contributed by atoms with Gasteiger partial charge in [0, 0.05) is 6.61 Å². The van der Waals surface area contributed by atoms with Gasteiger partial charge in [0.05, 0.1) is 12.5 Å². The van der Waals surface area contributed by atoms with Crippen LogP contribution in [0.2, 0.25) is 0 Å². The maximum atomic E-state index is 12.3. The van der Waals surface area contributed by atoms with Crippen molar-refractivity contribution in [3.8, 4) is 0 Å². The van der Waals surface area contributed by atoms with Gasteiger partial charge in [-0.15, -0.1) is 0 Å². The number of hydrogen-bond acceptors (Lipinski definition) is 4. The molecule has 2 atom stereocenters. The lowest BCUT2D eigenvalue weighted by molar-refractivity contribution is -0.154. The Kier molecular flexibility index (Phi) is 3.96. The molecular weight excluding hydrogens is 236 g/mol. The first-order valence-electron chi connectivity index (χ1n) is 6.35. The van der Waals surface area contributed by atoms with Crippen molar-refractivity contribution in [2.45, 2.75) is 32.2 Å². The van der Waals surface area contributed by atoms with Gasteiger partial charge >= 0.3 is 0 Å². The summed E-state index contributed by atoms with van der Waals surface area (Å²) in [6.45, 7) is 2.87. The van der Waals surface area contributed by atoms with E-state index in [0.717, 1.165) is 12.8 Å². The van der Waals surface area contributed by atoms with Gasteiger partial charge in [0.1, 0.15) is 12.6 Å². The number of carbonyl (C=O) groups excluding carboxylic acids is 3. The zero-order valence-corrected chi connectivity index (χ0v) is 10.5. The van der Waals surface area contributed by atoms with Gasteiger partial charge < -0.3 is 9.64 Å². The second kappa shape index (κ2) is 5.48. The normalized spacial score (nSPS) is 29.1. The monoisotopic (exact) mass is 254 g/mol. The lowest BCUT2D eigenvalue weighted by Gasteiger charge is -2.36. The highest BCUT2D eigenvalue weighted by molar-refractivity contribution is 6.04. The van der Waals surface area contributed by atoms with Crippen LogP contribution in [0.25, 0.3) is 0 Å². The number of rotatable bonds is 2. The van der Waals surface area contributed by atoms with Crippen LogP contribution in [-0.4, -0.2) is 48.4 Å². The van der Waals surface area contributed by atoms with Gasteiger partial charge in [0.2, 0.25) is 17.7 Å². The molecule has 2 unspecified atom stereocenters. The quantitative estimate of drug-likeness (QED) is 0.685. The molecule has 0 saturated carbocycles. The van der Waals surface area contributed by atoms with E-state index >= 15 is 0 Å². The molecule has 2 fully saturated rings. The van der Waals surface area contributed by atoms with E-state index in [0.29, 0.717) is 19.6 Å². The zero-order valence-electron chi connectivity index (χ0n) is 10.5. The Morgan fingerprint density at radius 3 is 2.89 bits per heavy atom. The van der Waals surface area contributed by atoms with Gasteiger partial charge in [-0.2, -0.15) is 0 Å². The second-order valence-corrected chi connectivity index (χ2v) is 4.72. The highest BCUT2D eigenvalue weighted by Crippen LogP contribution is 2.20. The largest absolute Gasteiger partial charge is 0.381 e. The summed E-state index contributed by atoms with van der Waals surface area (Å²) in [4.78, 5) is 36.8. The Labute approximate surface area is 106 Å². The molecule has 3 amide bonds. The maximum Gasteiger partial charge on any atom is 0.249 e. The Bertz CT molecular complexity index is 363. The molecule has 100 valence electrons. The topological polar surface area (TPSA) is 75.7 Å². The van der Waals surface area contributed by atoms with Gasteiger partial charge in [-0.25, -0.2) is 0 Å². The molecule has 2 rings (SSSR count). The van der Waals surface area contributed by atoms with Crippen LogP contribution in [0.5, 0.6) is 0 Å². The van der Waals surface area contributed by atoms with Gasteiger partial charge in [-0.3, -0.25) is 19.7 Å². The van der Waals surface area contributed by atoms with Crippen molar-refractivity contribution in [1.29, 1.82) is 0 Å². The van der Waals surface area contributed by atoms with Crippen molar-refractivity contribution in [3.63, 3.8) is 0 Å². The first kappa shape index (κ1) is 13.0. The number of nitrogens with zero attached hydrogens (tertiary/aromatic N) is 1.